The van der Waals surface area contributed by atoms with E-state index in [9.17, 15) is 4.79 Å². The first kappa shape index (κ1) is 18.8. The number of nitrogens with zero attached hydrogens (tertiary/aromatic N) is 1. The van der Waals surface area contributed by atoms with E-state index in [-0.39, 0.29) is 5.91 Å². The van der Waals surface area contributed by atoms with Crippen molar-refractivity contribution in [2.24, 2.45) is 0 Å². The molecular weight excluding hydrogens is 332 g/mol. The molecule has 1 heterocycles. The monoisotopic (exact) mass is 358 g/mol. The van der Waals surface area contributed by atoms with Gasteiger partial charge in [0.2, 0.25) is 0 Å². The average molecular weight is 358 g/mol. The molecule has 0 aliphatic heterocycles. The lowest BCUT2D eigenvalue weighted by Gasteiger charge is -2.12. The summed E-state index contributed by atoms with van der Waals surface area (Å²) in [4.78, 5) is 16.9. The molecule has 0 atom stereocenters. The van der Waals surface area contributed by atoms with Gasteiger partial charge in [-0.3, -0.25) is 9.78 Å². The SMILES string of the molecule is CCCNC(=O)c1cccc(Cc2cc(Cc3ccccc3)ccn2)c1C. The van der Waals surface area contributed by atoms with Gasteiger partial charge >= 0.3 is 0 Å². The summed E-state index contributed by atoms with van der Waals surface area (Å²) in [6.07, 6.45) is 4.43. The maximum atomic E-state index is 12.4. The zero-order chi connectivity index (χ0) is 19.1. The summed E-state index contributed by atoms with van der Waals surface area (Å²) in [5, 5.41) is 2.96. The molecule has 27 heavy (non-hydrogen) atoms. The number of carbonyl (C=O) groups excluding carboxylic acids is 1. The van der Waals surface area contributed by atoms with Gasteiger partial charge in [-0.2, -0.15) is 0 Å². The number of hydrogen-bond donors (Lipinski definition) is 1. The molecule has 0 radical (unpaired) electrons. The van der Waals surface area contributed by atoms with Crippen molar-refractivity contribution in [2.45, 2.75) is 33.1 Å². The molecule has 0 saturated heterocycles. The van der Waals surface area contributed by atoms with Crippen LogP contribution in [0, 0.1) is 6.92 Å². The smallest absolute Gasteiger partial charge is 0.251 e. The lowest BCUT2D eigenvalue weighted by Crippen LogP contribution is -2.25. The van der Waals surface area contributed by atoms with Gasteiger partial charge in [-0.05, 0) is 60.2 Å². The summed E-state index contributed by atoms with van der Waals surface area (Å²) in [7, 11) is 0. The fourth-order valence-corrected chi connectivity index (χ4v) is 3.22. The fraction of sp³-hybridized carbons (Fsp3) is 0.250. The van der Waals surface area contributed by atoms with E-state index in [1.54, 1.807) is 0 Å². The van der Waals surface area contributed by atoms with E-state index >= 15 is 0 Å². The number of nitrogens with one attached hydrogen (secondary N) is 1. The zero-order valence-electron chi connectivity index (χ0n) is 16.0. The Morgan fingerprint density at radius 2 is 1.78 bits per heavy atom. The minimum Gasteiger partial charge on any atom is -0.352 e. The third-order valence-electron chi connectivity index (χ3n) is 4.73. The van der Waals surface area contributed by atoms with Crippen molar-refractivity contribution in [3.63, 3.8) is 0 Å². The van der Waals surface area contributed by atoms with Crippen molar-refractivity contribution >= 4 is 5.91 Å². The van der Waals surface area contributed by atoms with E-state index in [2.05, 4.69) is 59.7 Å². The summed E-state index contributed by atoms with van der Waals surface area (Å²) < 4.78 is 0. The van der Waals surface area contributed by atoms with E-state index in [0.29, 0.717) is 6.54 Å². The highest BCUT2D eigenvalue weighted by molar-refractivity contribution is 5.95. The summed E-state index contributed by atoms with van der Waals surface area (Å²) in [6, 6.07) is 20.6. The Bertz CT molecular complexity index is 903. The van der Waals surface area contributed by atoms with Gasteiger partial charge in [0.25, 0.3) is 5.91 Å². The first-order chi connectivity index (χ1) is 13.2. The molecular formula is C24H26N2O. The van der Waals surface area contributed by atoms with Gasteiger partial charge in [0, 0.05) is 30.4 Å². The van der Waals surface area contributed by atoms with Gasteiger partial charge in [-0.1, -0.05) is 49.4 Å². The summed E-state index contributed by atoms with van der Waals surface area (Å²) in [5.41, 5.74) is 6.49. The lowest BCUT2D eigenvalue weighted by molar-refractivity contribution is 0.0953. The molecule has 3 aromatic rings. The maximum Gasteiger partial charge on any atom is 0.251 e. The highest BCUT2D eigenvalue weighted by atomic mass is 16.1. The Morgan fingerprint density at radius 3 is 2.56 bits per heavy atom. The minimum atomic E-state index is 0.00184. The van der Waals surface area contributed by atoms with E-state index in [1.807, 2.05) is 31.3 Å². The molecule has 2 aromatic carbocycles. The number of pyridine rings is 1. The largest absolute Gasteiger partial charge is 0.352 e. The van der Waals surface area contributed by atoms with Crippen LogP contribution in [-0.2, 0) is 12.8 Å². The molecule has 138 valence electrons. The van der Waals surface area contributed by atoms with Gasteiger partial charge in [0.05, 0.1) is 0 Å². The number of aromatic nitrogens is 1. The second kappa shape index (κ2) is 9.13. The van der Waals surface area contributed by atoms with Crippen molar-refractivity contribution in [1.82, 2.24) is 10.3 Å². The van der Waals surface area contributed by atoms with Gasteiger partial charge in [0.1, 0.15) is 0 Å². The fourth-order valence-electron chi connectivity index (χ4n) is 3.22. The molecule has 0 fully saturated rings. The minimum absolute atomic E-state index is 0.00184. The van der Waals surface area contributed by atoms with Crippen LogP contribution in [0.15, 0.2) is 66.9 Å². The van der Waals surface area contributed by atoms with Gasteiger partial charge in [-0.15, -0.1) is 0 Å². The van der Waals surface area contributed by atoms with Crippen LogP contribution in [0.25, 0.3) is 0 Å². The predicted octanol–water partition coefficient (Wildman–Crippen LogP) is 4.71. The summed E-state index contributed by atoms with van der Waals surface area (Å²) >= 11 is 0. The van der Waals surface area contributed by atoms with Crippen LogP contribution in [0.1, 0.15) is 51.7 Å². The number of amides is 1. The van der Waals surface area contributed by atoms with Crippen molar-refractivity contribution < 1.29 is 4.79 Å². The van der Waals surface area contributed by atoms with E-state index in [1.165, 1.54) is 11.1 Å². The molecule has 1 aromatic heterocycles. The maximum absolute atomic E-state index is 12.4. The third kappa shape index (κ3) is 5.04. The molecule has 3 nitrogen and oxygen atoms in total. The van der Waals surface area contributed by atoms with Crippen LogP contribution in [0.2, 0.25) is 0 Å². The van der Waals surface area contributed by atoms with E-state index in [4.69, 9.17) is 0 Å². The Balaban J connectivity index is 1.77. The molecule has 0 bridgehead atoms. The van der Waals surface area contributed by atoms with E-state index in [0.717, 1.165) is 41.6 Å². The highest BCUT2D eigenvalue weighted by Crippen LogP contribution is 2.18. The Morgan fingerprint density at radius 1 is 0.963 bits per heavy atom. The Kier molecular flexibility index (Phi) is 6.37. The lowest BCUT2D eigenvalue weighted by atomic mass is 9.97. The second-order valence-electron chi connectivity index (χ2n) is 6.84. The first-order valence-corrected chi connectivity index (χ1v) is 9.51. The molecule has 0 aliphatic carbocycles. The molecule has 0 unspecified atom stereocenters. The quantitative estimate of drug-likeness (QED) is 0.664. The number of carbonyl (C=O) groups is 1. The predicted molar refractivity (Wildman–Crippen MR) is 110 cm³/mol. The van der Waals surface area contributed by atoms with Crippen LogP contribution in [-0.4, -0.2) is 17.4 Å². The molecule has 0 saturated carbocycles. The molecule has 3 heteroatoms. The van der Waals surface area contributed by atoms with Crippen LogP contribution in [0.5, 0.6) is 0 Å². The molecule has 3 rings (SSSR count). The average Bonchev–Trinajstić information content (AvgIpc) is 2.69. The van der Waals surface area contributed by atoms with Crippen molar-refractivity contribution in [3.05, 3.63) is 100 Å². The zero-order valence-corrected chi connectivity index (χ0v) is 16.0. The Labute approximate surface area is 161 Å². The summed E-state index contributed by atoms with van der Waals surface area (Å²) in [5.74, 6) is 0.00184. The molecule has 0 aliphatic rings. The molecule has 1 amide bonds. The van der Waals surface area contributed by atoms with Crippen molar-refractivity contribution in [1.29, 1.82) is 0 Å². The second-order valence-corrected chi connectivity index (χ2v) is 6.84. The van der Waals surface area contributed by atoms with Crippen LogP contribution in [0.4, 0.5) is 0 Å². The molecule has 0 spiro atoms. The van der Waals surface area contributed by atoms with Crippen LogP contribution >= 0.6 is 0 Å². The van der Waals surface area contributed by atoms with Gasteiger partial charge < -0.3 is 5.32 Å². The van der Waals surface area contributed by atoms with Crippen LogP contribution in [0.3, 0.4) is 0 Å². The highest BCUT2D eigenvalue weighted by Gasteiger charge is 2.12. The summed E-state index contributed by atoms with van der Waals surface area (Å²) in [6.45, 7) is 4.77. The van der Waals surface area contributed by atoms with Crippen molar-refractivity contribution in [3.8, 4) is 0 Å². The number of benzene rings is 2. The van der Waals surface area contributed by atoms with E-state index < -0.39 is 0 Å². The van der Waals surface area contributed by atoms with Crippen molar-refractivity contribution in [2.75, 3.05) is 6.54 Å². The first-order valence-electron chi connectivity index (χ1n) is 9.51. The topological polar surface area (TPSA) is 42.0 Å². The van der Waals surface area contributed by atoms with Gasteiger partial charge in [0.15, 0.2) is 0 Å². The number of rotatable bonds is 7. The standard InChI is InChI=1S/C24H26N2O/c1-3-13-26-24(27)23-11-7-10-21(18(23)2)17-22-16-20(12-14-25-22)15-19-8-5-4-6-9-19/h4-12,14,16H,3,13,15,17H2,1-2H3,(H,26,27). The number of hydrogen-bond acceptors (Lipinski definition) is 2. The molecule has 1 N–H and O–H groups in total. The Hall–Kier alpha value is -2.94. The van der Waals surface area contributed by atoms with Gasteiger partial charge in [-0.25, -0.2) is 0 Å². The normalized spacial score (nSPS) is 10.6. The third-order valence-corrected chi connectivity index (χ3v) is 4.73. The van der Waals surface area contributed by atoms with Crippen LogP contribution < -0.4 is 5.32 Å².